The molecule has 0 amide bonds. The van der Waals surface area contributed by atoms with Crippen molar-refractivity contribution in [1.82, 2.24) is 0 Å². The van der Waals surface area contributed by atoms with Crippen LogP contribution in [0.15, 0.2) is 0 Å². The van der Waals surface area contributed by atoms with Crippen molar-refractivity contribution in [2.24, 2.45) is 0 Å². The van der Waals surface area contributed by atoms with Gasteiger partial charge in [0.2, 0.25) is 0 Å². The minimum Gasteiger partial charge on any atom is -0.388 e. The standard InChI is InChI=1S/C16H32O5/c1-3-4-5-6-7-8-9-10-11-20-16-15(19)14(18)13(17)12(2)21-16/h12-19H,3-11H2,1-2H3/t12-,13+,14+,15-,16-/m1/s1. The van der Waals surface area contributed by atoms with Gasteiger partial charge in [0.1, 0.15) is 18.3 Å². The van der Waals surface area contributed by atoms with Crippen molar-refractivity contribution in [3.05, 3.63) is 0 Å². The van der Waals surface area contributed by atoms with Crippen LogP contribution in [0.3, 0.4) is 0 Å². The van der Waals surface area contributed by atoms with Gasteiger partial charge in [-0.05, 0) is 13.3 Å². The highest BCUT2D eigenvalue weighted by atomic mass is 16.7. The minimum absolute atomic E-state index is 0.506. The average molecular weight is 304 g/mol. The van der Waals surface area contributed by atoms with Crippen LogP contribution in [0.5, 0.6) is 0 Å². The van der Waals surface area contributed by atoms with Gasteiger partial charge in [-0.2, -0.15) is 0 Å². The second-order valence-electron chi connectivity index (χ2n) is 6.03. The highest BCUT2D eigenvalue weighted by Crippen LogP contribution is 2.22. The zero-order valence-corrected chi connectivity index (χ0v) is 13.4. The smallest absolute Gasteiger partial charge is 0.186 e. The molecule has 0 bridgehead atoms. The Kier molecular flexibility index (Phi) is 9.44. The molecule has 1 saturated heterocycles. The van der Waals surface area contributed by atoms with Gasteiger partial charge in [-0.3, -0.25) is 0 Å². The molecular weight excluding hydrogens is 272 g/mol. The Labute approximate surface area is 128 Å². The summed E-state index contributed by atoms with van der Waals surface area (Å²) in [7, 11) is 0. The Bertz CT molecular complexity index is 261. The first-order valence-electron chi connectivity index (χ1n) is 8.39. The molecule has 0 spiro atoms. The van der Waals surface area contributed by atoms with Crippen LogP contribution in [0.1, 0.15) is 65.2 Å². The summed E-state index contributed by atoms with van der Waals surface area (Å²) in [5.41, 5.74) is 0. The van der Waals surface area contributed by atoms with Gasteiger partial charge in [0.25, 0.3) is 0 Å². The number of hydrogen-bond donors (Lipinski definition) is 3. The van der Waals surface area contributed by atoms with Crippen LogP contribution in [0, 0.1) is 0 Å². The zero-order valence-electron chi connectivity index (χ0n) is 13.4. The highest BCUT2D eigenvalue weighted by molar-refractivity contribution is 4.87. The van der Waals surface area contributed by atoms with E-state index in [1.165, 1.54) is 38.5 Å². The molecule has 0 aromatic rings. The number of aliphatic hydroxyl groups excluding tert-OH is 3. The van der Waals surface area contributed by atoms with E-state index in [1.807, 2.05) is 0 Å². The Morgan fingerprint density at radius 2 is 1.38 bits per heavy atom. The van der Waals surface area contributed by atoms with Crippen LogP contribution in [-0.4, -0.2) is 52.6 Å². The molecule has 5 heteroatoms. The van der Waals surface area contributed by atoms with E-state index in [4.69, 9.17) is 9.47 Å². The zero-order chi connectivity index (χ0) is 15.7. The summed E-state index contributed by atoms with van der Waals surface area (Å²) in [4.78, 5) is 0. The van der Waals surface area contributed by atoms with Gasteiger partial charge in [0, 0.05) is 6.61 Å². The maximum absolute atomic E-state index is 9.79. The van der Waals surface area contributed by atoms with Crippen molar-refractivity contribution >= 4 is 0 Å². The average Bonchev–Trinajstić information content (AvgIpc) is 2.48. The number of unbranched alkanes of at least 4 members (excludes halogenated alkanes) is 7. The van der Waals surface area contributed by atoms with Crippen LogP contribution in [-0.2, 0) is 9.47 Å². The molecule has 1 aliphatic rings. The predicted molar refractivity (Wildman–Crippen MR) is 80.9 cm³/mol. The molecule has 1 rings (SSSR count). The Hall–Kier alpha value is -0.200. The molecule has 1 heterocycles. The molecule has 5 atom stereocenters. The van der Waals surface area contributed by atoms with E-state index in [-0.39, 0.29) is 0 Å². The Morgan fingerprint density at radius 1 is 0.810 bits per heavy atom. The third-order valence-electron chi connectivity index (χ3n) is 4.09. The largest absolute Gasteiger partial charge is 0.388 e. The molecule has 0 aromatic heterocycles. The molecule has 3 N–H and O–H groups in total. The molecule has 0 unspecified atom stereocenters. The first-order chi connectivity index (χ1) is 10.1. The summed E-state index contributed by atoms with van der Waals surface area (Å²) >= 11 is 0. The maximum atomic E-state index is 9.79. The van der Waals surface area contributed by atoms with Gasteiger partial charge >= 0.3 is 0 Å². The lowest BCUT2D eigenvalue weighted by atomic mass is 10.00. The predicted octanol–water partition coefficient (Wildman–Crippen LogP) is 1.97. The van der Waals surface area contributed by atoms with Crippen molar-refractivity contribution in [1.29, 1.82) is 0 Å². The van der Waals surface area contributed by atoms with Crippen molar-refractivity contribution in [2.45, 2.75) is 95.9 Å². The molecule has 0 saturated carbocycles. The van der Waals surface area contributed by atoms with E-state index in [1.54, 1.807) is 6.92 Å². The lowest BCUT2D eigenvalue weighted by Crippen LogP contribution is -2.57. The van der Waals surface area contributed by atoms with Gasteiger partial charge in [-0.15, -0.1) is 0 Å². The highest BCUT2D eigenvalue weighted by Gasteiger charge is 2.42. The Balaban J connectivity index is 2.04. The van der Waals surface area contributed by atoms with E-state index in [0.717, 1.165) is 12.8 Å². The number of aliphatic hydroxyl groups is 3. The fourth-order valence-corrected chi connectivity index (χ4v) is 2.59. The molecule has 0 aromatic carbocycles. The molecule has 0 radical (unpaired) electrons. The van der Waals surface area contributed by atoms with E-state index in [9.17, 15) is 15.3 Å². The molecule has 5 nitrogen and oxygen atoms in total. The quantitative estimate of drug-likeness (QED) is 0.538. The molecule has 0 aliphatic carbocycles. The van der Waals surface area contributed by atoms with E-state index >= 15 is 0 Å². The first kappa shape index (κ1) is 18.8. The fourth-order valence-electron chi connectivity index (χ4n) is 2.59. The van der Waals surface area contributed by atoms with Crippen LogP contribution in [0.2, 0.25) is 0 Å². The van der Waals surface area contributed by atoms with Gasteiger partial charge < -0.3 is 24.8 Å². The summed E-state index contributed by atoms with van der Waals surface area (Å²) in [5, 5.41) is 29.0. The summed E-state index contributed by atoms with van der Waals surface area (Å²) in [6.45, 7) is 4.38. The second-order valence-corrected chi connectivity index (χ2v) is 6.03. The summed E-state index contributed by atoms with van der Waals surface area (Å²) in [6.07, 6.45) is 4.89. The van der Waals surface area contributed by atoms with Gasteiger partial charge in [0.05, 0.1) is 6.10 Å². The molecular formula is C16H32O5. The number of ether oxygens (including phenoxy) is 2. The molecule has 21 heavy (non-hydrogen) atoms. The van der Waals surface area contributed by atoms with Crippen molar-refractivity contribution in [2.75, 3.05) is 6.61 Å². The van der Waals surface area contributed by atoms with E-state index < -0.39 is 30.7 Å². The Morgan fingerprint density at radius 3 is 2.00 bits per heavy atom. The number of rotatable bonds is 10. The summed E-state index contributed by atoms with van der Waals surface area (Å²) in [6, 6.07) is 0. The second kappa shape index (κ2) is 10.5. The number of hydrogen-bond acceptors (Lipinski definition) is 5. The lowest BCUT2D eigenvalue weighted by Gasteiger charge is -2.38. The van der Waals surface area contributed by atoms with Gasteiger partial charge in [0.15, 0.2) is 6.29 Å². The van der Waals surface area contributed by atoms with Gasteiger partial charge in [-0.25, -0.2) is 0 Å². The van der Waals surface area contributed by atoms with Crippen LogP contribution in [0.4, 0.5) is 0 Å². The van der Waals surface area contributed by atoms with Crippen molar-refractivity contribution in [3.8, 4) is 0 Å². The van der Waals surface area contributed by atoms with Crippen LogP contribution < -0.4 is 0 Å². The third kappa shape index (κ3) is 6.61. The third-order valence-corrected chi connectivity index (χ3v) is 4.09. The summed E-state index contributed by atoms with van der Waals surface area (Å²) < 4.78 is 10.9. The van der Waals surface area contributed by atoms with Crippen LogP contribution >= 0.6 is 0 Å². The monoisotopic (exact) mass is 304 g/mol. The van der Waals surface area contributed by atoms with Crippen molar-refractivity contribution < 1.29 is 24.8 Å². The molecule has 126 valence electrons. The SMILES string of the molecule is CCCCCCCCCCO[C@@H]1O[C@H](C)[C@H](O)[C@H](O)[C@H]1O. The maximum Gasteiger partial charge on any atom is 0.186 e. The summed E-state index contributed by atoms with van der Waals surface area (Å²) in [5.74, 6) is 0. The first-order valence-corrected chi connectivity index (χ1v) is 8.39. The van der Waals surface area contributed by atoms with Crippen LogP contribution in [0.25, 0.3) is 0 Å². The van der Waals surface area contributed by atoms with Gasteiger partial charge in [-0.1, -0.05) is 51.9 Å². The normalized spacial score (nSPS) is 33.3. The fraction of sp³-hybridized carbons (Fsp3) is 1.00. The van der Waals surface area contributed by atoms with E-state index in [0.29, 0.717) is 6.61 Å². The molecule has 1 aliphatic heterocycles. The topological polar surface area (TPSA) is 79.2 Å². The van der Waals surface area contributed by atoms with Crippen molar-refractivity contribution in [3.63, 3.8) is 0 Å². The lowest BCUT2D eigenvalue weighted by molar-refractivity contribution is -0.293. The minimum atomic E-state index is -1.21. The van der Waals surface area contributed by atoms with E-state index in [2.05, 4.69) is 6.92 Å². The molecule has 1 fully saturated rings.